The van der Waals surface area contributed by atoms with Gasteiger partial charge in [0.25, 0.3) is 5.91 Å². The minimum Gasteiger partial charge on any atom is -0.345 e. The second-order valence-electron chi connectivity index (χ2n) is 8.19. The third-order valence-electron chi connectivity index (χ3n) is 5.72. The maximum atomic E-state index is 12.5. The summed E-state index contributed by atoms with van der Waals surface area (Å²) in [6.07, 6.45) is 4.98. The summed E-state index contributed by atoms with van der Waals surface area (Å²) < 4.78 is 1.84. The summed E-state index contributed by atoms with van der Waals surface area (Å²) in [5.41, 5.74) is 5.75. The van der Waals surface area contributed by atoms with Crippen LogP contribution in [-0.4, -0.2) is 57.7 Å². The van der Waals surface area contributed by atoms with Gasteiger partial charge < -0.3 is 10.2 Å². The van der Waals surface area contributed by atoms with Crippen LogP contribution in [0.25, 0.3) is 27.5 Å². The molecule has 3 amide bonds. The van der Waals surface area contributed by atoms with Crippen LogP contribution in [-0.2, 0) is 12.8 Å². The van der Waals surface area contributed by atoms with Crippen molar-refractivity contribution in [2.75, 3.05) is 26.5 Å². The number of fused-ring (bicyclic) bond motifs is 3. The number of aromatic nitrogens is 4. The Kier molecular flexibility index (Phi) is 6.00. The molecule has 0 fully saturated rings. The van der Waals surface area contributed by atoms with Crippen LogP contribution in [0.2, 0.25) is 5.02 Å². The number of hydrogen-bond acceptors (Lipinski definition) is 6. The fraction of sp³-hybridized carbons (Fsp3) is 0.208. The topological polar surface area (TPSA) is 105 Å². The Balaban J connectivity index is 1.68. The molecule has 0 spiro atoms. The molecule has 0 saturated carbocycles. The van der Waals surface area contributed by atoms with Gasteiger partial charge in [-0.05, 0) is 43.2 Å². The van der Waals surface area contributed by atoms with E-state index in [1.807, 2.05) is 22.9 Å². The Morgan fingerprint density at radius 1 is 1.20 bits per heavy atom. The summed E-state index contributed by atoms with van der Waals surface area (Å²) in [5, 5.41) is 11.2. The monoisotopic (exact) mass is 507 g/mol. The fourth-order valence-corrected chi connectivity index (χ4v) is 5.38. The molecule has 4 aromatic rings. The summed E-state index contributed by atoms with van der Waals surface area (Å²) in [4.78, 5) is 35.7. The van der Waals surface area contributed by atoms with Gasteiger partial charge in [-0.2, -0.15) is 5.10 Å². The number of aryl methyl sites for hydroxylation is 1. The second-order valence-corrected chi connectivity index (χ2v) is 9.60. The summed E-state index contributed by atoms with van der Waals surface area (Å²) in [6.45, 7) is 0. The maximum Gasteiger partial charge on any atom is 0.320 e. The number of rotatable bonds is 4. The Bertz CT molecular complexity index is 1450. The highest BCUT2D eigenvalue weighted by Crippen LogP contribution is 2.44. The summed E-state index contributed by atoms with van der Waals surface area (Å²) in [6, 6.07) is 8.83. The SMILES string of the molecule is CNC(=O)Nc1nc2c(s1)-c1c(c(-c3cccnc3)nn1-c1ccc(C(=O)N(C)C)c(Cl)c1)CC2. The van der Waals surface area contributed by atoms with Crippen molar-refractivity contribution in [1.82, 2.24) is 30.0 Å². The number of carbonyl (C=O) groups is 2. The van der Waals surface area contributed by atoms with Crippen LogP contribution in [0.4, 0.5) is 9.93 Å². The maximum absolute atomic E-state index is 12.5. The van der Waals surface area contributed by atoms with Crippen LogP contribution in [0.3, 0.4) is 0 Å². The van der Waals surface area contributed by atoms with E-state index >= 15 is 0 Å². The van der Waals surface area contributed by atoms with Gasteiger partial charge in [0.2, 0.25) is 0 Å². The molecule has 178 valence electrons. The molecule has 3 aromatic heterocycles. The van der Waals surface area contributed by atoms with Crippen molar-refractivity contribution in [1.29, 1.82) is 0 Å². The predicted octanol–water partition coefficient (Wildman–Crippen LogP) is 4.26. The van der Waals surface area contributed by atoms with Crippen LogP contribution in [0.5, 0.6) is 0 Å². The number of amides is 3. The molecule has 0 atom stereocenters. The van der Waals surface area contributed by atoms with E-state index in [4.69, 9.17) is 16.7 Å². The smallest absolute Gasteiger partial charge is 0.320 e. The summed E-state index contributed by atoms with van der Waals surface area (Å²) in [7, 11) is 4.93. The van der Waals surface area contributed by atoms with Crippen molar-refractivity contribution >= 4 is 40.0 Å². The van der Waals surface area contributed by atoms with Gasteiger partial charge in [-0.3, -0.25) is 15.1 Å². The van der Waals surface area contributed by atoms with Crippen molar-refractivity contribution in [2.24, 2.45) is 0 Å². The molecule has 3 heterocycles. The van der Waals surface area contributed by atoms with Gasteiger partial charge in [-0.15, -0.1) is 0 Å². The van der Waals surface area contributed by atoms with Crippen LogP contribution in [0.1, 0.15) is 21.6 Å². The first kappa shape index (κ1) is 23.0. The first-order chi connectivity index (χ1) is 16.9. The van der Waals surface area contributed by atoms with E-state index in [0.717, 1.165) is 51.6 Å². The minimum atomic E-state index is -0.325. The van der Waals surface area contributed by atoms with Crippen LogP contribution in [0.15, 0.2) is 42.7 Å². The molecule has 5 rings (SSSR count). The Morgan fingerprint density at radius 2 is 2.03 bits per heavy atom. The van der Waals surface area contributed by atoms with Crippen molar-refractivity contribution in [3.63, 3.8) is 0 Å². The highest BCUT2D eigenvalue weighted by molar-refractivity contribution is 7.19. The zero-order valence-corrected chi connectivity index (χ0v) is 20.9. The Morgan fingerprint density at radius 3 is 2.71 bits per heavy atom. The summed E-state index contributed by atoms with van der Waals surface area (Å²) in [5.74, 6) is -0.172. The average Bonchev–Trinajstić information content (AvgIpc) is 3.45. The van der Waals surface area contributed by atoms with Crippen molar-refractivity contribution in [3.8, 4) is 27.5 Å². The van der Waals surface area contributed by atoms with Gasteiger partial charge in [0.15, 0.2) is 5.13 Å². The highest BCUT2D eigenvalue weighted by Gasteiger charge is 2.30. The number of hydrogen-bond donors (Lipinski definition) is 2. The quantitative estimate of drug-likeness (QED) is 0.429. The average molecular weight is 508 g/mol. The van der Waals surface area contributed by atoms with Crippen molar-refractivity contribution in [3.05, 3.63) is 64.6 Å². The standard InChI is InChI=1S/C24H22ClN7O2S/c1-26-23(34)29-24-28-18-9-8-16-19(13-5-4-10-27-12-13)30-32(20(16)21(18)35-24)14-6-7-15(17(25)11-14)22(33)31(2)3/h4-7,10-12H,8-9H2,1-3H3,(H2,26,28,29,34). The molecule has 0 aliphatic heterocycles. The number of thiazole rings is 1. The van der Waals surface area contributed by atoms with Gasteiger partial charge in [-0.25, -0.2) is 14.5 Å². The van der Waals surface area contributed by atoms with Gasteiger partial charge in [0.05, 0.1) is 38.2 Å². The van der Waals surface area contributed by atoms with Gasteiger partial charge in [-0.1, -0.05) is 22.9 Å². The van der Waals surface area contributed by atoms with Crippen LogP contribution < -0.4 is 10.6 Å². The zero-order chi connectivity index (χ0) is 24.7. The predicted molar refractivity (Wildman–Crippen MR) is 136 cm³/mol. The van der Waals surface area contributed by atoms with E-state index in [1.54, 1.807) is 45.7 Å². The molecule has 1 aliphatic carbocycles. The van der Waals surface area contributed by atoms with E-state index in [0.29, 0.717) is 15.7 Å². The fourth-order valence-electron chi connectivity index (χ4n) is 4.05. The molecular formula is C24H22ClN7O2S. The first-order valence-corrected chi connectivity index (χ1v) is 12.1. The number of urea groups is 1. The first-order valence-electron chi connectivity index (χ1n) is 10.9. The normalized spacial score (nSPS) is 12.0. The van der Waals surface area contributed by atoms with E-state index in [1.165, 1.54) is 16.2 Å². The minimum absolute atomic E-state index is 0.172. The second kappa shape index (κ2) is 9.12. The number of nitrogens with one attached hydrogen (secondary N) is 2. The molecule has 11 heteroatoms. The number of halogens is 1. The molecule has 0 unspecified atom stereocenters. The number of nitrogens with zero attached hydrogens (tertiary/aromatic N) is 5. The van der Waals surface area contributed by atoms with Gasteiger partial charge in [0, 0.05) is 44.7 Å². The Labute approximate surface area is 210 Å². The third-order valence-corrected chi connectivity index (χ3v) is 7.06. The summed E-state index contributed by atoms with van der Waals surface area (Å²) >= 11 is 7.94. The molecule has 0 bridgehead atoms. The molecule has 1 aromatic carbocycles. The highest BCUT2D eigenvalue weighted by atomic mass is 35.5. The van der Waals surface area contributed by atoms with E-state index < -0.39 is 0 Å². The molecular weight excluding hydrogens is 486 g/mol. The Hall–Kier alpha value is -3.76. The molecule has 9 nitrogen and oxygen atoms in total. The molecule has 35 heavy (non-hydrogen) atoms. The largest absolute Gasteiger partial charge is 0.345 e. The lowest BCUT2D eigenvalue weighted by atomic mass is 9.95. The van der Waals surface area contributed by atoms with E-state index in [2.05, 4.69) is 20.6 Å². The van der Waals surface area contributed by atoms with Crippen LogP contribution >= 0.6 is 22.9 Å². The molecule has 1 aliphatic rings. The lowest BCUT2D eigenvalue weighted by molar-refractivity contribution is 0.0827. The zero-order valence-electron chi connectivity index (χ0n) is 19.3. The molecule has 2 N–H and O–H groups in total. The van der Waals surface area contributed by atoms with E-state index in [9.17, 15) is 9.59 Å². The lowest BCUT2D eigenvalue weighted by Gasteiger charge is -2.15. The number of benzene rings is 1. The number of anilines is 1. The van der Waals surface area contributed by atoms with Gasteiger partial charge >= 0.3 is 6.03 Å². The molecule has 0 saturated heterocycles. The van der Waals surface area contributed by atoms with Crippen molar-refractivity contribution < 1.29 is 9.59 Å². The van der Waals surface area contributed by atoms with Crippen LogP contribution in [0, 0.1) is 0 Å². The number of pyridine rings is 1. The molecule has 0 radical (unpaired) electrons. The van der Waals surface area contributed by atoms with Gasteiger partial charge in [0.1, 0.15) is 0 Å². The van der Waals surface area contributed by atoms with E-state index in [-0.39, 0.29) is 11.9 Å². The third kappa shape index (κ3) is 4.15. The van der Waals surface area contributed by atoms with Crippen molar-refractivity contribution in [2.45, 2.75) is 12.8 Å². The lowest BCUT2D eigenvalue weighted by Crippen LogP contribution is -2.24. The number of carbonyl (C=O) groups excluding carboxylic acids is 2.